The predicted octanol–water partition coefficient (Wildman–Crippen LogP) is 5.19. The molecule has 4 aromatic rings. The first-order chi connectivity index (χ1) is 23.1. The SMILES string of the molecule is COc1cc2c(c(OC)c1OC)-c1ccc(N[C@H](CCSC)C(=O)Nc3ccc4c(C)cc(=O)[nH]c4c3)c(=O)cc1[C@@H](NC(C)=O)CC2. The van der Waals surface area contributed by atoms with Gasteiger partial charge in [-0.25, -0.2) is 0 Å². The van der Waals surface area contributed by atoms with E-state index < -0.39 is 12.1 Å². The molecule has 11 nitrogen and oxygen atoms in total. The number of pyridine rings is 1. The summed E-state index contributed by atoms with van der Waals surface area (Å²) in [6.07, 6.45) is 3.50. The maximum Gasteiger partial charge on any atom is 0.248 e. The molecule has 0 fully saturated rings. The number of aryl methyl sites for hydroxylation is 2. The molecular weight excluding hydrogens is 632 g/mol. The van der Waals surface area contributed by atoms with Gasteiger partial charge in [0.05, 0.1) is 38.6 Å². The molecule has 0 aliphatic heterocycles. The Morgan fingerprint density at radius 1 is 1.00 bits per heavy atom. The van der Waals surface area contributed by atoms with Gasteiger partial charge in [0.2, 0.25) is 28.6 Å². The van der Waals surface area contributed by atoms with E-state index in [1.54, 1.807) is 44.2 Å². The lowest BCUT2D eigenvalue weighted by molar-refractivity contribution is -0.120. The minimum absolute atomic E-state index is 0.222. The van der Waals surface area contributed by atoms with Crippen LogP contribution in [0.25, 0.3) is 22.0 Å². The van der Waals surface area contributed by atoms with Crippen LogP contribution in [-0.2, 0) is 16.0 Å². The molecule has 4 N–H and O–H groups in total. The first-order valence-corrected chi connectivity index (χ1v) is 16.9. The van der Waals surface area contributed by atoms with Crippen LogP contribution in [0.15, 0.2) is 58.1 Å². The van der Waals surface area contributed by atoms with Crippen LogP contribution in [0.4, 0.5) is 11.4 Å². The van der Waals surface area contributed by atoms with Crippen molar-refractivity contribution in [3.05, 3.63) is 85.8 Å². The predicted molar refractivity (Wildman–Crippen MR) is 191 cm³/mol. The third-order valence-corrected chi connectivity index (χ3v) is 9.13. The molecule has 2 atom stereocenters. The fourth-order valence-electron chi connectivity index (χ4n) is 6.26. The van der Waals surface area contributed by atoms with Crippen molar-refractivity contribution in [3.63, 3.8) is 0 Å². The Morgan fingerprint density at radius 3 is 2.46 bits per heavy atom. The highest BCUT2D eigenvalue weighted by Crippen LogP contribution is 2.50. The first kappa shape index (κ1) is 34.4. The molecule has 252 valence electrons. The van der Waals surface area contributed by atoms with E-state index in [1.807, 2.05) is 31.4 Å². The number of nitrogens with one attached hydrogen (secondary N) is 4. The number of thioether (sulfide) groups is 1. The van der Waals surface area contributed by atoms with Gasteiger partial charge in [-0.05, 0) is 90.8 Å². The summed E-state index contributed by atoms with van der Waals surface area (Å²) >= 11 is 1.59. The van der Waals surface area contributed by atoms with Gasteiger partial charge < -0.3 is 35.1 Å². The molecule has 0 saturated carbocycles. The zero-order valence-electron chi connectivity index (χ0n) is 27.9. The second-order valence-corrected chi connectivity index (χ2v) is 12.6. The highest BCUT2D eigenvalue weighted by atomic mass is 32.2. The Kier molecular flexibility index (Phi) is 10.6. The topological polar surface area (TPSA) is 148 Å². The van der Waals surface area contributed by atoms with E-state index in [0.717, 1.165) is 22.1 Å². The van der Waals surface area contributed by atoms with Gasteiger partial charge in [-0.2, -0.15) is 11.8 Å². The summed E-state index contributed by atoms with van der Waals surface area (Å²) in [7, 11) is 4.64. The van der Waals surface area contributed by atoms with Gasteiger partial charge in [-0.3, -0.25) is 19.2 Å². The second-order valence-electron chi connectivity index (χ2n) is 11.6. The molecule has 0 unspecified atom stereocenters. The fourth-order valence-corrected chi connectivity index (χ4v) is 6.73. The number of hydrogen-bond donors (Lipinski definition) is 4. The third kappa shape index (κ3) is 7.13. The number of carbonyl (C=O) groups excluding carboxylic acids is 2. The molecule has 2 amide bonds. The van der Waals surface area contributed by atoms with Gasteiger partial charge in [0, 0.05) is 29.6 Å². The Labute approximate surface area is 282 Å². The summed E-state index contributed by atoms with van der Waals surface area (Å²) in [5.74, 6) is 1.49. The van der Waals surface area contributed by atoms with E-state index in [0.29, 0.717) is 64.6 Å². The average Bonchev–Trinajstić information content (AvgIpc) is 3.29. The maximum absolute atomic E-state index is 13.9. The molecule has 1 aliphatic rings. The van der Waals surface area contributed by atoms with E-state index in [4.69, 9.17) is 14.2 Å². The minimum Gasteiger partial charge on any atom is -0.493 e. The summed E-state index contributed by atoms with van der Waals surface area (Å²) in [4.78, 5) is 54.8. The van der Waals surface area contributed by atoms with Crippen molar-refractivity contribution >= 4 is 45.9 Å². The van der Waals surface area contributed by atoms with Gasteiger partial charge >= 0.3 is 0 Å². The molecule has 0 spiro atoms. The zero-order chi connectivity index (χ0) is 34.5. The highest BCUT2D eigenvalue weighted by molar-refractivity contribution is 7.98. The molecule has 5 rings (SSSR count). The van der Waals surface area contributed by atoms with Gasteiger partial charge in [0.1, 0.15) is 6.04 Å². The smallest absolute Gasteiger partial charge is 0.248 e. The van der Waals surface area contributed by atoms with Gasteiger partial charge in [-0.15, -0.1) is 0 Å². The third-order valence-electron chi connectivity index (χ3n) is 8.49. The number of aromatic nitrogens is 1. The number of hydrogen-bond acceptors (Lipinski definition) is 9. The van der Waals surface area contributed by atoms with Crippen molar-refractivity contribution in [1.29, 1.82) is 0 Å². The Morgan fingerprint density at radius 2 is 1.77 bits per heavy atom. The lowest BCUT2D eigenvalue weighted by atomic mass is 9.95. The number of aromatic amines is 1. The van der Waals surface area contributed by atoms with E-state index >= 15 is 0 Å². The molecule has 48 heavy (non-hydrogen) atoms. The number of amides is 2. The van der Waals surface area contributed by atoms with E-state index in [1.165, 1.54) is 26.2 Å². The van der Waals surface area contributed by atoms with Crippen molar-refractivity contribution in [2.75, 3.05) is 44.0 Å². The standard InChI is InChI=1S/C36H40N4O7S/c1-19-15-32(43)40-29-17-22(8-9-23(19)29)38-36(44)28(13-14-48-6)39-27-12-10-24-25(18-30(27)42)26(37-20(2)41)11-7-21-16-31(45-3)34(46-4)35(47-5)33(21)24/h8-10,12,15-18,26,28H,7,11,13-14H2,1-6H3,(H,37,41)(H,38,44)(H,39,42)(H,40,43)/t26-,28+/m0/s1. The lowest BCUT2D eigenvalue weighted by Crippen LogP contribution is -2.36. The zero-order valence-corrected chi connectivity index (χ0v) is 28.7. The molecule has 1 aromatic heterocycles. The minimum atomic E-state index is -0.753. The first-order valence-electron chi connectivity index (χ1n) is 15.6. The van der Waals surface area contributed by atoms with Crippen molar-refractivity contribution in [3.8, 4) is 28.4 Å². The normalized spacial score (nSPS) is 14.2. The largest absolute Gasteiger partial charge is 0.493 e. The van der Waals surface area contributed by atoms with Crippen LogP contribution >= 0.6 is 11.8 Å². The van der Waals surface area contributed by atoms with Gasteiger partial charge in [0.15, 0.2) is 11.5 Å². The Balaban J connectivity index is 1.57. The van der Waals surface area contributed by atoms with Gasteiger partial charge in [0.25, 0.3) is 0 Å². The monoisotopic (exact) mass is 672 g/mol. The summed E-state index contributed by atoms with van der Waals surface area (Å²) in [6, 6.07) is 12.6. The highest BCUT2D eigenvalue weighted by Gasteiger charge is 2.30. The van der Waals surface area contributed by atoms with Gasteiger partial charge in [-0.1, -0.05) is 12.1 Å². The summed E-state index contributed by atoms with van der Waals surface area (Å²) < 4.78 is 17.2. The Bertz CT molecular complexity index is 1990. The van der Waals surface area contributed by atoms with Crippen molar-refractivity contribution < 1.29 is 23.8 Å². The average molecular weight is 673 g/mol. The number of benzene rings is 2. The lowest BCUT2D eigenvalue weighted by Gasteiger charge is -2.19. The van der Waals surface area contributed by atoms with E-state index in [-0.39, 0.29) is 28.5 Å². The van der Waals surface area contributed by atoms with Crippen molar-refractivity contribution in [2.24, 2.45) is 0 Å². The molecule has 12 heteroatoms. The van der Waals surface area contributed by atoms with Crippen molar-refractivity contribution in [2.45, 2.75) is 45.2 Å². The quantitative estimate of drug-likeness (QED) is 0.169. The van der Waals surface area contributed by atoms with Crippen LogP contribution in [0.1, 0.15) is 42.5 Å². The Hall–Kier alpha value is -4.97. The van der Waals surface area contributed by atoms with Crippen LogP contribution in [0.2, 0.25) is 0 Å². The van der Waals surface area contributed by atoms with Crippen LogP contribution in [-0.4, -0.2) is 56.2 Å². The second kappa shape index (κ2) is 14.8. The van der Waals surface area contributed by atoms with Crippen LogP contribution in [0.3, 0.4) is 0 Å². The van der Waals surface area contributed by atoms with Crippen LogP contribution in [0.5, 0.6) is 17.2 Å². The molecule has 1 aliphatic carbocycles. The molecule has 0 saturated heterocycles. The van der Waals surface area contributed by atoms with Crippen LogP contribution < -0.4 is 41.1 Å². The number of rotatable bonds is 11. The molecule has 1 heterocycles. The van der Waals surface area contributed by atoms with E-state index in [2.05, 4.69) is 20.9 Å². The van der Waals surface area contributed by atoms with Crippen molar-refractivity contribution in [1.82, 2.24) is 10.3 Å². The number of carbonyl (C=O) groups is 2. The summed E-state index contributed by atoms with van der Waals surface area (Å²) in [6.45, 7) is 3.31. The van der Waals surface area contributed by atoms with Crippen LogP contribution in [0, 0.1) is 6.92 Å². The summed E-state index contributed by atoms with van der Waals surface area (Å²) in [5, 5.41) is 10.0. The number of ether oxygens (including phenoxy) is 3. The molecular formula is C36H40N4O7S. The van der Waals surface area contributed by atoms with E-state index in [9.17, 15) is 19.2 Å². The molecule has 0 radical (unpaired) electrons. The molecule has 0 bridgehead atoms. The number of fused-ring (bicyclic) bond motifs is 4. The number of anilines is 2. The molecule has 3 aromatic carbocycles. The number of methoxy groups -OCH3 is 3. The number of H-pyrrole nitrogens is 1. The summed E-state index contributed by atoms with van der Waals surface area (Å²) in [5.41, 5.74) is 4.60. The fraction of sp³-hybridized carbons (Fsp3) is 0.333. The maximum atomic E-state index is 13.9.